The lowest BCUT2D eigenvalue weighted by atomic mass is 10.3. The first-order valence-corrected chi connectivity index (χ1v) is 5.30. The Labute approximate surface area is 102 Å². The van der Waals surface area contributed by atoms with E-state index < -0.39 is 41.3 Å². The number of carboxylic acids is 1. The standard InChI is InChI=1S/C8H7F3N2O4S/c9-8(10,11)5-4(18-2-12-5)6(15)13-3(1-14)7(16)17/h2-3,14H,1H2,(H,13,15)(H,16,17). The number of carbonyl (C=O) groups excluding carboxylic acids is 1. The molecule has 18 heavy (non-hydrogen) atoms. The van der Waals surface area contributed by atoms with E-state index in [1.807, 2.05) is 0 Å². The number of alkyl halides is 3. The summed E-state index contributed by atoms with van der Waals surface area (Å²) < 4.78 is 37.3. The van der Waals surface area contributed by atoms with E-state index in [1.165, 1.54) is 0 Å². The van der Waals surface area contributed by atoms with Crippen molar-refractivity contribution in [1.82, 2.24) is 10.3 Å². The van der Waals surface area contributed by atoms with Gasteiger partial charge in [0.05, 0.1) is 12.1 Å². The van der Waals surface area contributed by atoms with Gasteiger partial charge in [0.2, 0.25) is 0 Å². The molecule has 1 aromatic heterocycles. The molecule has 1 unspecified atom stereocenters. The van der Waals surface area contributed by atoms with Gasteiger partial charge in [-0.2, -0.15) is 13.2 Å². The number of rotatable bonds is 4. The minimum absolute atomic E-state index is 0.431. The lowest BCUT2D eigenvalue weighted by molar-refractivity contribution is -0.141. The average Bonchev–Trinajstić information content (AvgIpc) is 2.73. The number of amides is 1. The molecule has 1 rings (SSSR count). The van der Waals surface area contributed by atoms with Crippen molar-refractivity contribution in [2.45, 2.75) is 12.2 Å². The lowest BCUT2D eigenvalue weighted by Gasteiger charge is -2.11. The summed E-state index contributed by atoms with van der Waals surface area (Å²) in [5.41, 5.74) is -0.556. The predicted octanol–water partition coefficient (Wildman–Crippen LogP) is 0.337. The van der Waals surface area contributed by atoms with Gasteiger partial charge in [0.25, 0.3) is 5.91 Å². The molecule has 0 fully saturated rings. The highest BCUT2D eigenvalue weighted by atomic mass is 32.1. The van der Waals surface area contributed by atoms with Gasteiger partial charge in [0.15, 0.2) is 11.7 Å². The molecule has 1 atom stereocenters. The summed E-state index contributed by atoms with van der Waals surface area (Å²) in [6.45, 7) is -0.929. The molecule has 1 amide bonds. The van der Waals surface area contributed by atoms with Crippen molar-refractivity contribution in [3.63, 3.8) is 0 Å². The van der Waals surface area contributed by atoms with Gasteiger partial charge >= 0.3 is 12.1 Å². The van der Waals surface area contributed by atoms with Crippen LogP contribution in [-0.4, -0.2) is 39.7 Å². The van der Waals surface area contributed by atoms with Gasteiger partial charge in [-0.25, -0.2) is 9.78 Å². The van der Waals surface area contributed by atoms with Crippen LogP contribution >= 0.6 is 11.3 Å². The van der Waals surface area contributed by atoms with Crippen molar-refractivity contribution in [3.8, 4) is 0 Å². The Morgan fingerprint density at radius 2 is 2.11 bits per heavy atom. The minimum atomic E-state index is -4.80. The van der Waals surface area contributed by atoms with E-state index in [0.29, 0.717) is 11.3 Å². The van der Waals surface area contributed by atoms with Crippen molar-refractivity contribution in [3.05, 3.63) is 16.1 Å². The molecule has 10 heteroatoms. The molecule has 100 valence electrons. The summed E-state index contributed by atoms with van der Waals surface area (Å²) in [5.74, 6) is -2.80. The summed E-state index contributed by atoms with van der Waals surface area (Å²) in [6, 6.07) is -1.67. The molecular weight excluding hydrogens is 277 g/mol. The normalized spacial score (nSPS) is 13.1. The molecule has 0 radical (unpaired) electrons. The second-order valence-electron chi connectivity index (χ2n) is 3.07. The number of carboxylic acid groups (broad SMARTS) is 1. The van der Waals surface area contributed by atoms with Crippen LogP contribution < -0.4 is 5.32 Å². The van der Waals surface area contributed by atoms with Gasteiger partial charge in [0.1, 0.15) is 4.88 Å². The number of aliphatic hydroxyl groups is 1. The predicted molar refractivity (Wildman–Crippen MR) is 53.1 cm³/mol. The van der Waals surface area contributed by atoms with Crippen LogP contribution in [-0.2, 0) is 11.0 Å². The molecule has 0 aromatic carbocycles. The number of nitrogens with one attached hydrogen (secondary N) is 1. The van der Waals surface area contributed by atoms with Gasteiger partial charge < -0.3 is 15.5 Å². The lowest BCUT2D eigenvalue weighted by Crippen LogP contribution is -2.43. The van der Waals surface area contributed by atoms with E-state index in [1.54, 1.807) is 5.32 Å². The van der Waals surface area contributed by atoms with Gasteiger partial charge in [-0.15, -0.1) is 11.3 Å². The zero-order valence-electron chi connectivity index (χ0n) is 8.56. The van der Waals surface area contributed by atoms with Gasteiger partial charge in [-0.3, -0.25) is 4.79 Å². The monoisotopic (exact) mass is 284 g/mol. The molecular formula is C8H7F3N2O4S. The molecule has 0 saturated heterocycles. The second kappa shape index (κ2) is 5.31. The van der Waals surface area contributed by atoms with Crippen LogP contribution in [0.4, 0.5) is 13.2 Å². The Balaban J connectivity index is 2.92. The van der Waals surface area contributed by atoms with Crippen LogP contribution in [0.5, 0.6) is 0 Å². The number of nitrogens with zero attached hydrogens (tertiary/aromatic N) is 1. The van der Waals surface area contributed by atoms with E-state index in [4.69, 9.17) is 10.2 Å². The molecule has 3 N–H and O–H groups in total. The first-order valence-electron chi connectivity index (χ1n) is 4.42. The first kappa shape index (κ1) is 14.4. The molecule has 6 nitrogen and oxygen atoms in total. The number of aliphatic hydroxyl groups excluding tert-OH is 1. The number of hydrogen-bond donors (Lipinski definition) is 3. The third-order valence-corrected chi connectivity index (χ3v) is 2.65. The number of carbonyl (C=O) groups is 2. The quantitative estimate of drug-likeness (QED) is 0.740. The summed E-state index contributed by atoms with van der Waals surface area (Å²) >= 11 is 0.431. The highest BCUT2D eigenvalue weighted by molar-refractivity contribution is 7.11. The summed E-state index contributed by atoms with van der Waals surface area (Å²) in [7, 11) is 0. The van der Waals surface area contributed by atoms with Gasteiger partial charge in [-0.1, -0.05) is 0 Å². The topological polar surface area (TPSA) is 99.5 Å². The Kier molecular flexibility index (Phi) is 4.24. The first-order chi connectivity index (χ1) is 8.27. The Morgan fingerprint density at radius 3 is 2.56 bits per heavy atom. The van der Waals surface area contributed by atoms with Crippen molar-refractivity contribution in [2.24, 2.45) is 0 Å². The summed E-state index contributed by atoms with van der Waals surface area (Å²) in [5, 5.41) is 18.9. The number of thiazole rings is 1. The maximum atomic E-state index is 12.4. The van der Waals surface area contributed by atoms with E-state index in [2.05, 4.69) is 4.98 Å². The minimum Gasteiger partial charge on any atom is -0.480 e. The van der Waals surface area contributed by atoms with E-state index in [9.17, 15) is 22.8 Å². The Bertz CT molecular complexity index is 459. The van der Waals surface area contributed by atoms with Crippen molar-refractivity contribution in [2.75, 3.05) is 6.61 Å². The zero-order valence-corrected chi connectivity index (χ0v) is 9.38. The molecule has 0 spiro atoms. The maximum absolute atomic E-state index is 12.4. The van der Waals surface area contributed by atoms with Crippen LogP contribution in [0.2, 0.25) is 0 Å². The number of aromatic nitrogens is 1. The highest BCUT2D eigenvalue weighted by Crippen LogP contribution is 2.32. The molecule has 0 aliphatic carbocycles. The summed E-state index contributed by atoms with van der Waals surface area (Å²) in [6.07, 6.45) is -4.80. The Hall–Kier alpha value is -1.68. The van der Waals surface area contributed by atoms with Crippen LogP contribution in [0.15, 0.2) is 5.51 Å². The SMILES string of the molecule is O=C(NC(CO)C(=O)O)c1scnc1C(F)(F)F. The average molecular weight is 284 g/mol. The van der Waals surface area contributed by atoms with Crippen molar-refractivity contribution < 1.29 is 33.0 Å². The van der Waals surface area contributed by atoms with Crippen molar-refractivity contribution in [1.29, 1.82) is 0 Å². The molecule has 0 saturated carbocycles. The third-order valence-electron chi connectivity index (χ3n) is 1.83. The van der Waals surface area contributed by atoms with Crippen molar-refractivity contribution >= 4 is 23.2 Å². The third kappa shape index (κ3) is 3.17. The van der Waals surface area contributed by atoms with Crippen LogP contribution in [0.1, 0.15) is 15.4 Å². The molecule has 0 bridgehead atoms. The van der Waals surface area contributed by atoms with Gasteiger partial charge in [0, 0.05) is 0 Å². The molecule has 1 aromatic rings. The van der Waals surface area contributed by atoms with Gasteiger partial charge in [-0.05, 0) is 0 Å². The fourth-order valence-corrected chi connectivity index (χ4v) is 1.73. The smallest absolute Gasteiger partial charge is 0.434 e. The fourth-order valence-electron chi connectivity index (χ4n) is 1.02. The summed E-state index contributed by atoms with van der Waals surface area (Å²) in [4.78, 5) is 24.2. The molecule has 0 aliphatic rings. The largest absolute Gasteiger partial charge is 0.480 e. The number of hydrogen-bond acceptors (Lipinski definition) is 5. The number of halogens is 3. The van der Waals surface area contributed by atoms with E-state index in [-0.39, 0.29) is 0 Å². The van der Waals surface area contributed by atoms with E-state index >= 15 is 0 Å². The van der Waals surface area contributed by atoms with Crippen LogP contribution in [0.3, 0.4) is 0 Å². The Morgan fingerprint density at radius 1 is 1.50 bits per heavy atom. The second-order valence-corrected chi connectivity index (χ2v) is 3.93. The molecule has 1 heterocycles. The number of aliphatic carboxylic acids is 1. The molecule has 0 aliphatic heterocycles. The van der Waals surface area contributed by atoms with Crippen LogP contribution in [0, 0.1) is 0 Å². The zero-order chi connectivity index (χ0) is 13.9. The highest BCUT2D eigenvalue weighted by Gasteiger charge is 2.38. The maximum Gasteiger partial charge on any atom is 0.434 e. The van der Waals surface area contributed by atoms with E-state index in [0.717, 1.165) is 5.51 Å². The van der Waals surface area contributed by atoms with Crippen LogP contribution in [0.25, 0.3) is 0 Å². The fraction of sp³-hybridized carbons (Fsp3) is 0.375.